The minimum atomic E-state index is -0.199. The summed E-state index contributed by atoms with van der Waals surface area (Å²) in [6, 6.07) is 0. The van der Waals surface area contributed by atoms with E-state index in [4.69, 9.17) is 4.74 Å². The second kappa shape index (κ2) is 6.78. The van der Waals surface area contributed by atoms with Crippen molar-refractivity contribution in [2.75, 3.05) is 0 Å². The first-order chi connectivity index (χ1) is 6.90. The normalized spacial score (nSPS) is 15.1. The van der Waals surface area contributed by atoms with E-state index >= 15 is 0 Å². The van der Waals surface area contributed by atoms with Crippen molar-refractivity contribution in [1.82, 2.24) is 0 Å². The van der Waals surface area contributed by atoms with E-state index in [1.165, 1.54) is 5.57 Å². The molecule has 0 aromatic heterocycles. The molecule has 0 aliphatic rings. The van der Waals surface area contributed by atoms with Crippen molar-refractivity contribution in [3.63, 3.8) is 0 Å². The monoisotopic (exact) mass is 212 g/mol. The molecule has 0 fully saturated rings. The van der Waals surface area contributed by atoms with Crippen LogP contribution in [0.3, 0.4) is 0 Å². The van der Waals surface area contributed by atoms with Gasteiger partial charge in [-0.3, -0.25) is 0 Å². The second-order valence-corrected chi connectivity index (χ2v) is 4.86. The fourth-order valence-corrected chi connectivity index (χ4v) is 1.34. The van der Waals surface area contributed by atoms with Gasteiger partial charge in [-0.2, -0.15) is 0 Å². The maximum atomic E-state index is 10.6. The van der Waals surface area contributed by atoms with E-state index in [0.29, 0.717) is 6.42 Å². The summed E-state index contributed by atoms with van der Waals surface area (Å²) in [5.41, 5.74) is 0.966. The Balaban J connectivity index is 4.43. The highest BCUT2D eigenvalue weighted by Crippen LogP contribution is 2.18. The molecule has 0 radical (unpaired) electrons. The summed E-state index contributed by atoms with van der Waals surface area (Å²) in [5.74, 6) is 0. The van der Waals surface area contributed by atoms with Crippen LogP contribution in [0.15, 0.2) is 11.6 Å². The van der Waals surface area contributed by atoms with Crippen LogP contribution in [-0.4, -0.2) is 18.0 Å². The number of unbranched alkanes of at least 4 members (excludes halogenated alkanes) is 1. The van der Waals surface area contributed by atoms with Crippen LogP contribution < -0.4 is 0 Å². The predicted octanol–water partition coefficient (Wildman–Crippen LogP) is 3.51. The first-order valence-electron chi connectivity index (χ1n) is 5.68. The molecule has 0 heterocycles. The highest BCUT2D eigenvalue weighted by Gasteiger charge is 2.19. The molecule has 2 nitrogen and oxygen atoms in total. The molecule has 0 N–H and O–H groups in total. The maximum Gasteiger partial charge on any atom is 0.122 e. The standard InChI is InChI=1S/C13H24O2/c1-6-7-8-11(2)12(9-10-14)15-13(3,4)5/h8,10,12H,6-7,9H2,1-5H3/b11-8+. The minimum absolute atomic E-state index is 0.0611. The Morgan fingerprint density at radius 2 is 2.00 bits per heavy atom. The van der Waals surface area contributed by atoms with E-state index in [1.54, 1.807) is 0 Å². The summed E-state index contributed by atoms with van der Waals surface area (Å²) in [6.07, 6.45) is 5.66. The molecule has 1 unspecified atom stereocenters. The number of aldehydes is 1. The van der Waals surface area contributed by atoms with Crippen LogP contribution in [-0.2, 0) is 9.53 Å². The van der Waals surface area contributed by atoms with Crippen LogP contribution in [0.25, 0.3) is 0 Å². The van der Waals surface area contributed by atoms with Gasteiger partial charge in [-0.25, -0.2) is 0 Å². The van der Waals surface area contributed by atoms with Gasteiger partial charge in [-0.1, -0.05) is 19.4 Å². The Kier molecular flexibility index (Phi) is 6.50. The van der Waals surface area contributed by atoms with Crippen molar-refractivity contribution in [2.45, 2.75) is 65.6 Å². The van der Waals surface area contributed by atoms with E-state index in [9.17, 15) is 4.79 Å². The summed E-state index contributed by atoms with van der Waals surface area (Å²) in [7, 11) is 0. The van der Waals surface area contributed by atoms with Gasteiger partial charge in [0.05, 0.1) is 11.7 Å². The van der Waals surface area contributed by atoms with Crippen LogP contribution >= 0.6 is 0 Å². The lowest BCUT2D eigenvalue weighted by Gasteiger charge is -2.27. The summed E-state index contributed by atoms with van der Waals surface area (Å²) < 4.78 is 5.84. The van der Waals surface area contributed by atoms with E-state index < -0.39 is 0 Å². The third-order valence-corrected chi connectivity index (χ3v) is 2.07. The molecule has 0 spiro atoms. The average Bonchev–Trinajstić information content (AvgIpc) is 2.11. The molecular formula is C13H24O2. The summed E-state index contributed by atoms with van der Waals surface area (Å²) in [4.78, 5) is 10.6. The molecule has 0 amide bonds. The average molecular weight is 212 g/mol. The molecule has 0 aliphatic heterocycles. The Morgan fingerprint density at radius 1 is 1.40 bits per heavy atom. The van der Waals surface area contributed by atoms with Gasteiger partial charge in [-0.05, 0) is 39.7 Å². The largest absolute Gasteiger partial charge is 0.368 e. The van der Waals surface area contributed by atoms with Crippen molar-refractivity contribution in [2.24, 2.45) is 0 Å². The van der Waals surface area contributed by atoms with Gasteiger partial charge in [0.2, 0.25) is 0 Å². The van der Waals surface area contributed by atoms with E-state index in [1.807, 2.05) is 27.7 Å². The van der Waals surface area contributed by atoms with Crippen LogP contribution in [0.4, 0.5) is 0 Å². The summed E-state index contributed by atoms with van der Waals surface area (Å²) in [6.45, 7) is 10.2. The Hall–Kier alpha value is -0.630. The molecule has 0 aromatic carbocycles. The number of carbonyl (C=O) groups excluding carboxylic acids is 1. The number of ether oxygens (including phenoxy) is 1. The molecule has 88 valence electrons. The van der Waals surface area contributed by atoms with Crippen molar-refractivity contribution in [3.05, 3.63) is 11.6 Å². The lowest BCUT2D eigenvalue weighted by molar-refractivity contribution is -0.112. The van der Waals surface area contributed by atoms with Crippen LogP contribution in [0.1, 0.15) is 53.9 Å². The van der Waals surface area contributed by atoms with E-state index in [-0.39, 0.29) is 11.7 Å². The Labute approximate surface area is 93.7 Å². The number of allylic oxidation sites excluding steroid dienone is 1. The van der Waals surface area contributed by atoms with Gasteiger partial charge in [0.1, 0.15) is 6.29 Å². The number of hydrogen-bond acceptors (Lipinski definition) is 2. The third kappa shape index (κ3) is 7.32. The van der Waals surface area contributed by atoms with Crippen molar-refractivity contribution >= 4 is 6.29 Å². The zero-order valence-corrected chi connectivity index (χ0v) is 10.7. The highest BCUT2D eigenvalue weighted by molar-refractivity contribution is 5.51. The molecule has 2 heteroatoms. The summed E-state index contributed by atoms with van der Waals surface area (Å²) in [5, 5.41) is 0. The van der Waals surface area contributed by atoms with Gasteiger partial charge in [0, 0.05) is 6.42 Å². The second-order valence-electron chi connectivity index (χ2n) is 4.86. The zero-order chi connectivity index (χ0) is 11.9. The van der Waals surface area contributed by atoms with Crippen molar-refractivity contribution in [3.8, 4) is 0 Å². The lowest BCUT2D eigenvalue weighted by atomic mass is 10.1. The van der Waals surface area contributed by atoms with Gasteiger partial charge >= 0.3 is 0 Å². The Bertz CT molecular complexity index is 211. The number of rotatable bonds is 6. The molecular weight excluding hydrogens is 188 g/mol. The molecule has 0 bridgehead atoms. The smallest absolute Gasteiger partial charge is 0.122 e. The van der Waals surface area contributed by atoms with Gasteiger partial charge < -0.3 is 9.53 Å². The van der Waals surface area contributed by atoms with Gasteiger partial charge in [0.25, 0.3) is 0 Å². The van der Waals surface area contributed by atoms with E-state index in [2.05, 4.69) is 13.0 Å². The molecule has 15 heavy (non-hydrogen) atoms. The topological polar surface area (TPSA) is 26.3 Å². The molecule has 1 atom stereocenters. The molecule has 0 rings (SSSR count). The van der Waals surface area contributed by atoms with Gasteiger partial charge in [0.15, 0.2) is 0 Å². The van der Waals surface area contributed by atoms with Crippen molar-refractivity contribution < 1.29 is 9.53 Å². The lowest BCUT2D eigenvalue weighted by Crippen LogP contribution is -2.28. The first kappa shape index (κ1) is 14.4. The molecule has 0 saturated heterocycles. The fraction of sp³-hybridized carbons (Fsp3) is 0.769. The fourth-order valence-electron chi connectivity index (χ4n) is 1.34. The van der Waals surface area contributed by atoms with Crippen LogP contribution in [0.5, 0.6) is 0 Å². The maximum absolute atomic E-state index is 10.6. The minimum Gasteiger partial charge on any atom is -0.368 e. The molecule has 0 saturated carbocycles. The van der Waals surface area contributed by atoms with Gasteiger partial charge in [-0.15, -0.1) is 0 Å². The third-order valence-electron chi connectivity index (χ3n) is 2.07. The number of carbonyl (C=O) groups is 1. The summed E-state index contributed by atoms with van der Waals surface area (Å²) >= 11 is 0. The zero-order valence-electron chi connectivity index (χ0n) is 10.7. The van der Waals surface area contributed by atoms with Crippen LogP contribution in [0.2, 0.25) is 0 Å². The predicted molar refractivity (Wildman–Crippen MR) is 64.0 cm³/mol. The highest BCUT2D eigenvalue weighted by atomic mass is 16.5. The first-order valence-corrected chi connectivity index (χ1v) is 5.68. The van der Waals surface area contributed by atoms with E-state index in [0.717, 1.165) is 19.1 Å². The van der Waals surface area contributed by atoms with Crippen LogP contribution in [0, 0.1) is 0 Å². The van der Waals surface area contributed by atoms with Crippen molar-refractivity contribution in [1.29, 1.82) is 0 Å². The quantitative estimate of drug-likeness (QED) is 0.497. The Morgan fingerprint density at radius 3 is 2.40 bits per heavy atom. The SMILES string of the molecule is CCC/C=C(\C)C(CC=O)OC(C)(C)C. The molecule has 0 aliphatic carbocycles. The number of hydrogen-bond donors (Lipinski definition) is 0. The molecule has 0 aromatic rings.